The number of nitrogens with zero attached hydrogens (tertiary/aromatic N) is 1. The molecule has 0 atom stereocenters. The van der Waals surface area contributed by atoms with Crippen LogP contribution in [-0.4, -0.2) is 0 Å². The fourth-order valence-electron chi connectivity index (χ4n) is 6.52. The Balaban J connectivity index is 1.27. The molecule has 7 aromatic carbocycles. The molecule has 0 spiro atoms. The first-order valence-electron chi connectivity index (χ1n) is 14.9. The molecule has 8 aromatic rings. The van der Waals surface area contributed by atoms with Gasteiger partial charge in [-0.25, -0.2) is 0 Å². The van der Waals surface area contributed by atoms with Gasteiger partial charge in [0, 0.05) is 48.0 Å². The molecular formula is C41H31NS. The Hall–Kier alpha value is -4.92. The van der Waals surface area contributed by atoms with Gasteiger partial charge in [0.1, 0.15) is 0 Å². The number of benzene rings is 7. The third-order valence-electron chi connectivity index (χ3n) is 8.95. The highest BCUT2D eigenvalue weighted by molar-refractivity contribution is 7.26. The van der Waals surface area contributed by atoms with Crippen LogP contribution in [0.3, 0.4) is 0 Å². The van der Waals surface area contributed by atoms with Crippen LogP contribution in [0.25, 0.3) is 41.7 Å². The molecule has 0 aliphatic heterocycles. The molecule has 0 N–H and O–H groups in total. The molecule has 0 unspecified atom stereocenters. The summed E-state index contributed by atoms with van der Waals surface area (Å²) in [5.74, 6) is 0. The maximum atomic E-state index is 2.37. The largest absolute Gasteiger partial charge is 0.310 e. The van der Waals surface area contributed by atoms with E-state index < -0.39 is 0 Å². The van der Waals surface area contributed by atoms with Gasteiger partial charge >= 0.3 is 0 Å². The summed E-state index contributed by atoms with van der Waals surface area (Å²) in [6, 6.07) is 55.3. The van der Waals surface area contributed by atoms with Crippen molar-refractivity contribution in [3.8, 4) is 0 Å². The predicted molar refractivity (Wildman–Crippen MR) is 188 cm³/mol. The molecule has 0 amide bonds. The lowest BCUT2D eigenvalue weighted by molar-refractivity contribution is 0.641. The van der Waals surface area contributed by atoms with Crippen LogP contribution in [-0.2, 0) is 5.41 Å². The van der Waals surface area contributed by atoms with E-state index in [4.69, 9.17) is 0 Å². The second-order valence-electron chi connectivity index (χ2n) is 11.8. The van der Waals surface area contributed by atoms with Crippen molar-refractivity contribution in [2.45, 2.75) is 19.3 Å². The van der Waals surface area contributed by atoms with Crippen LogP contribution < -0.4 is 4.90 Å². The molecule has 1 nitrogen and oxygen atoms in total. The number of para-hydroxylation sites is 1. The van der Waals surface area contributed by atoms with Gasteiger partial charge in [-0.05, 0) is 63.7 Å². The third-order valence-corrected chi connectivity index (χ3v) is 10.1. The van der Waals surface area contributed by atoms with Crippen LogP contribution in [0, 0.1) is 0 Å². The Morgan fingerprint density at radius 2 is 1.05 bits per heavy atom. The average Bonchev–Trinajstić information content (AvgIpc) is 3.44. The molecule has 43 heavy (non-hydrogen) atoms. The van der Waals surface area contributed by atoms with E-state index in [-0.39, 0.29) is 5.41 Å². The van der Waals surface area contributed by atoms with E-state index in [0.717, 1.165) is 17.1 Å². The van der Waals surface area contributed by atoms with Gasteiger partial charge < -0.3 is 4.90 Å². The molecule has 0 saturated carbocycles. The van der Waals surface area contributed by atoms with Crippen LogP contribution in [0.1, 0.15) is 25.0 Å². The van der Waals surface area contributed by atoms with E-state index in [0.29, 0.717) is 0 Å². The van der Waals surface area contributed by atoms with Crippen LogP contribution >= 0.6 is 11.3 Å². The number of fused-ring (bicyclic) bond motifs is 7. The monoisotopic (exact) mass is 569 g/mol. The van der Waals surface area contributed by atoms with Gasteiger partial charge in [0.15, 0.2) is 0 Å². The summed E-state index contributed by atoms with van der Waals surface area (Å²) in [7, 11) is 0. The molecule has 0 aliphatic carbocycles. The highest BCUT2D eigenvalue weighted by atomic mass is 32.1. The SMILES string of the molecule is CC(C)(c1ccccc1)c1ccc(N(c2ccccc2)c2ccc3c(c2)sc2c3ccc3ccc4ccccc4c32)cc1. The van der Waals surface area contributed by atoms with Crippen LogP contribution in [0.15, 0.2) is 152 Å². The summed E-state index contributed by atoms with van der Waals surface area (Å²) in [5.41, 5.74) is 5.99. The van der Waals surface area contributed by atoms with E-state index in [2.05, 4.69) is 170 Å². The molecule has 0 radical (unpaired) electrons. The molecular weight excluding hydrogens is 539 g/mol. The molecule has 1 heterocycles. The summed E-state index contributed by atoms with van der Waals surface area (Å²) in [5, 5.41) is 7.90. The van der Waals surface area contributed by atoms with Gasteiger partial charge in [0.05, 0.1) is 0 Å². The summed E-state index contributed by atoms with van der Waals surface area (Å²) in [6.07, 6.45) is 0. The normalized spacial score (nSPS) is 12.0. The van der Waals surface area contributed by atoms with E-state index >= 15 is 0 Å². The molecule has 0 bridgehead atoms. The highest BCUT2D eigenvalue weighted by Gasteiger charge is 2.23. The quantitative estimate of drug-likeness (QED) is 0.186. The van der Waals surface area contributed by atoms with Crippen molar-refractivity contribution in [2.24, 2.45) is 0 Å². The Bertz CT molecular complexity index is 2240. The van der Waals surface area contributed by atoms with Gasteiger partial charge in [-0.3, -0.25) is 0 Å². The van der Waals surface area contributed by atoms with E-state index in [1.165, 1.54) is 52.8 Å². The van der Waals surface area contributed by atoms with E-state index in [9.17, 15) is 0 Å². The zero-order chi connectivity index (χ0) is 29.0. The lowest BCUT2D eigenvalue weighted by Crippen LogP contribution is -2.19. The third kappa shape index (κ3) is 4.29. The maximum Gasteiger partial charge on any atom is 0.0476 e. The fraction of sp³-hybridized carbons (Fsp3) is 0.0732. The Kier molecular flexibility index (Phi) is 6.06. The van der Waals surface area contributed by atoms with Crippen molar-refractivity contribution in [2.75, 3.05) is 4.90 Å². The second-order valence-corrected chi connectivity index (χ2v) is 12.9. The van der Waals surface area contributed by atoms with Crippen molar-refractivity contribution in [3.63, 3.8) is 0 Å². The van der Waals surface area contributed by atoms with E-state index in [1.807, 2.05) is 11.3 Å². The smallest absolute Gasteiger partial charge is 0.0476 e. The summed E-state index contributed by atoms with van der Waals surface area (Å²) in [4.78, 5) is 2.37. The highest BCUT2D eigenvalue weighted by Crippen LogP contribution is 2.44. The van der Waals surface area contributed by atoms with Gasteiger partial charge in [-0.2, -0.15) is 0 Å². The second kappa shape index (κ2) is 10.1. The van der Waals surface area contributed by atoms with Crippen molar-refractivity contribution >= 4 is 70.1 Å². The van der Waals surface area contributed by atoms with Crippen molar-refractivity contribution in [1.29, 1.82) is 0 Å². The molecule has 1 aromatic heterocycles. The number of rotatable bonds is 5. The Labute approximate surface area is 256 Å². The van der Waals surface area contributed by atoms with E-state index in [1.54, 1.807) is 0 Å². The molecule has 0 aliphatic rings. The predicted octanol–water partition coefficient (Wildman–Crippen LogP) is 12.2. The van der Waals surface area contributed by atoms with Crippen LogP contribution in [0.2, 0.25) is 0 Å². The molecule has 206 valence electrons. The lowest BCUT2D eigenvalue weighted by atomic mass is 9.78. The first kappa shape index (κ1) is 25.8. The van der Waals surface area contributed by atoms with Gasteiger partial charge in [-0.1, -0.05) is 129 Å². The summed E-state index contributed by atoms with van der Waals surface area (Å²) < 4.78 is 2.66. The summed E-state index contributed by atoms with van der Waals surface area (Å²) >= 11 is 1.90. The molecule has 0 saturated heterocycles. The topological polar surface area (TPSA) is 3.24 Å². The minimum atomic E-state index is -0.0830. The average molecular weight is 570 g/mol. The number of anilines is 3. The van der Waals surface area contributed by atoms with Gasteiger partial charge in [0.25, 0.3) is 0 Å². The Morgan fingerprint density at radius 1 is 0.465 bits per heavy atom. The van der Waals surface area contributed by atoms with Gasteiger partial charge in [-0.15, -0.1) is 11.3 Å². The van der Waals surface area contributed by atoms with Crippen LogP contribution in [0.5, 0.6) is 0 Å². The molecule has 0 fully saturated rings. The van der Waals surface area contributed by atoms with Crippen molar-refractivity contribution in [1.82, 2.24) is 0 Å². The number of hydrogen-bond donors (Lipinski definition) is 0. The zero-order valence-corrected chi connectivity index (χ0v) is 25.1. The fourth-order valence-corrected chi connectivity index (χ4v) is 7.83. The molecule has 8 rings (SSSR count). The maximum absolute atomic E-state index is 2.37. The number of hydrogen-bond acceptors (Lipinski definition) is 2. The first-order valence-corrected chi connectivity index (χ1v) is 15.7. The zero-order valence-electron chi connectivity index (χ0n) is 24.3. The standard InChI is InChI=1S/C41H31NS/c1-41(2,30-12-5-3-6-13-30)31-20-22-33(23-21-31)42(32-14-7-4-8-15-32)34-24-26-36-37-25-19-29-18-17-28-11-9-10-16-35(28)39(29)40(37)43-38(36)27-34/h3-27H,1-2H3. The van der Waals surface area contributed by atoms with Crippen molar-refractivity contribution < 1.29 is 0 Å². The van der Waals surface area contributed by atoms with Crippen LogP contribution in [0.4, 0.5) is 17.1 Å². The lowest BCUT2D eigenvalue weighted by Gasteiger charge is -2.29. The first-order chi connectivity index (χ1) is 21.1. The number of thiophene rings is 1. The van der Waals surface area contributed by atoms with Gasteiger partial charge in [0.2, 0.25) is 0 Å². The Morgan fingerprint density at radius 3 is 1.84 bits per heavy atom. The summed E-state index contributed by atoms with van der Waals surface area (Å²) in [6.45, 7) is 4.60. The molecule has 2 heteroatoms. The minimum absolute atomic E-state index is 0.0830. The van der Waals surface area contributed by atoms with Crippen molar-refractivity contribution in [3.05, 3.63) is 163 Å². The minimum Gasteiger partial charge on any atom is -0.310 e.